The molecule has 0 radical (unpaired) electrons. The fourth-order valence-electron chi connectivity index (χ4n) is 4.28. The number of rotatable bonds is 6. The number of para-hydroxylation sites is 2. The molecule has 0 bridgehead atoms. The molecule has 3 aromatic carbocycles. The SMILES string of the molecule is COc1ccccc1-n1c(=O)n(Cc2ccccc2)c(=O)c2c1ncn2Cc1cccc(C(F)(F)F)c1. The molecular weight excluding hydrogens is 485 g/mol. The second-order valence-electron chi connectivity index (χ2n) is 8.41. The maximum absolute atomic E-state index is 13.7. The molecule has 0 amide bonds. The van der Waals surface area contributed by atoms with Gasteiger partial charge in [-0.1, -0.05) is 54.6 Å². The topological polar surface area (TPSA) is 71.1 Å². The lowest BCUT2D eigenvalue weighted by Crippen LogP contribution is -2.40. The molecule has 5 aromatic rings. The van der Waals surface area contributed by atoms with Crippen LogP contribution in [0.3, 0.4) is 0 Å². The van der Waals surface area contributed by atoms with Gasteiger partial charge in [-0.15, -0.1) is 0 Å². The average Bonchev–Trinajstić information content (AvgIpc) is 3.30. The number of hydrogen-bond acceptors (Lipinski definition) is 4. The van der Waals surface area contributed by atoms with E-state index in [-0.39, 0.29) is 24.3 Å². The van der Waals surface area contributed by atoms with Crippen molar-refractivity contribution in [2.45, 2.75) is 19.3 Å². The number of methoxy groups -OCH3 is 1. The van der Waals surface area contributed by atoms with Gasteiger partial charge in [0, 0.05) is 6.54 Å². The summed E-state index contributed by atoms with van der Waals surface area (Å²) < 4.78 is 49.1. The molecule has 2 aromatic heterocycles. The first-order valence-electron chi connectivity index (χ1n) is 11.3. The van der Waals surface area contributed by atoms with E-state index in [0.717, 1.165) is 22.3 Å². The zero-order chi connectivity index (χ0) is 26.2. The maximum atomic E-state index is 13.7. The number of aromatic nitrogens is 4. The van der Waals surface area contributed by atoms with Gasteiger partial charge in [-0.25, -0.2) is 14.3 Å². The number of halogens is 3. The highest BCUT2D eigenvalue weighted by Crippen LogP contribution is 2.30. The van der Waals surface area contributed by atoms with E-state index in [0.29, 0.717) is 17.0 Å². The molecule has 0 N–H and O–H groups in total. The molecule has 5 rings (SSSR count). The second-order valence-corrected chi connectivity index (χ2v) is 8.41. The van der Waals surface area contributed by atoms with Crippen LogP contribution in [0.2, 0.25) is 0 Å². The monoisotopic (exact) mass is 506 g/mol. The number of benzene rings is 3. The number of nitrogens with zero attached hydrogens (tertiary/aromatic N) is 4. The van der Waals surface area contributed by atoms with E-state index < -0.39 is 23.0 Å². The van der Waals surface area contributed by atoms with Crippen LogP contribution in [-0.4, -0.2) is 25.8 Å². The minimum atomic E-state index is -4.50. The lowest BCUT2D eigenvalue weighted by Gasteiger charge is -2.15. The van der Waals surface area contributed by atoms with E-state index in [1.807, 2.05) is 6.07 Å². The highest BCUT2D eigenvalue weighted by atomic mass is 19.4. The van der Waals surface area contributed by atoms with E-state index in [9.17, 15) is 22.8 Å². The van der Waals surface area contributed by atoms with E-state index >= 15 is 0 Å². The Morgan fingerprint density at radius 3 is 2.30 bits per heavy atom. The first-order chi connectivity index (χ1) is 17.8. The molecule has 10 heteroatoms. The van der Waals surface area contributed by atoms with Gasteiger partial charge in [-0.2, -0.15) is 13.2 Å². The van der Waals surface area contributed by atoms with E-state index in [2.05, 4.69) is 4.98 Å². The van der Waals surface area contributed by atoms with Crippen molar-refractivity contribution in [3.8, 4) is 11.4 Å². The van der Waals surface area contributed by atoms with Crippen molar-refractivity contribution >= 4 is 11.2 Å². The Balaban J connectivity index is 1.75. The molecule has 188 valence electrons. The van der Waals surface area contributed by atoms with Crippen molar-refractivity contribution < 1.29 is 17.9 Å². The fraction of sp³-hybridized carbons (Fsp3) is 0.148. The van der Waals surface area contributed by atoms with Crippen LogP contribution in [0.5, 0.6) is 5.75 Å². The van der Waals surface area contributed by atoms with Crippen molar-refractivity contribution in [3.63, 3.8) is 0 Å². The van der Waals surface area contributed by atoms with Gasteiger partial charge in [0.15, 0.2) is 11.2 Å². The Hall–Kier alpha value is -4.60. The Morgan fingerprint density at radius 2 is 1.57 bits per heavy atom. The van der Waals surface area contributed by atoms with Crippen LogP contribution in [0.15, 0.2) is 94.8 Å². The fourth-order valence-corrected chi connectivity index (χ4v) is 4.28. The summed E-state index contributed by atoms with van der Waals surface area (Å²) in [6.07, 6.45) is -3.15. The summed E-state index contributed by atoms with van der Waals surface area (Å²) >= 11 is 0. The molecule has 0 aliphatic rings. The van der Waals surface area contributed by atoms with Crippen LogP contribution in [0, 0.1) is 0 Å². The molecule has 37 heavy (non-hydrogen) atoms. The van der Waals surface area contributed by atoms with Crippen LogP contribution in [0.4, 0.5) is 13.2 Å². The predicted octanol–water partition coefficient (Wildman–Crippen LogP) is 4.47. The molecule has 0 saturated heterocycles. The van der Waals surface area contributed by atoms with Crippen LogP contribution < -0.4 is 16.0 Å². The Labute approximate surface area is 208 Å². The van der Waals surface area contributed by atoms with Crippen molar-refractivity contribution in [2.75, 3.05) is 7.11 Å². The first kappa shape index (κ1) is 24.1. The summed E-state index contributed by atoms with van der Waals surface area (Å²) in [7, 11) is 1.47. The summed E-state index contributed by atoms with van der Waals surface area (Å²) in [4.78, 5) is 31.7. The summed E-state index contributed by atoms with van der Waals surface area (Å²) in [5.41, 5.74) is -0.396. The average molecular weight is 506 g/mol. The zero-order valence-corrected chi connectivity index (χ0v) is 19.6. The summed E-state index contributed by atoms with van der Waals surface area (Å²) in [6.45, 7) is -0.0521. The van der Waals surface area contributed by atoms with Gasteiger partial charge >= 0.3 is 11.9 Å². The minimum Gasteiger partial charge on any atom is -0.495 e. The molecule has 7 nitrogen and oxygen atoms in total. The molecule has 0 aliphatic carbocycles. The Kier molecular flexibility index (Phi) is 6.16. The second kappa shape index (κ2) is 9.45. The third-order valence-electron chi connectivity index (χ3n) is 6.02. The van der Waals surface area contributed by atoms with Crippen LogP contribution >= 0.6 is 0 Å². The number of imidazole rings is 1. The molecule has 0 spiro atoms. The molecule has 0 unspecified atom stereocenters. The van der Waals surface area contributed by atoms with Gasteiger partial charge in [-0.05, 0) is 35.4 Å². The van der Waals surface area contributed by atoms with E-state index in [1.54, 1.807) is 54.6 Å². The zero-order valence-electron chi connectivity index (χ0n) is 19.6. The van der Waals surface area contributed by atoms with Crippen LogP contribution in [0.1, 0.15) is 16.7 Å². The number of ether oxygens (including phenoxy) is 1. The first-order valence-corrected chi connectivity index (χ1v) is 11.3. The van der Waals surface area contributed by atoms with E-state index in [4.69, 9.17) is 4.74 Å². The Bertz CT molecular complexity index is 1700. The summed E-state index contributed by atoms with van der Waals surface area (Å²) in [5, 5.41) is 0. The van der Waals surface area contributed by atoms with Crippen molar-refractivity contribution in [2.24, 2.45) is 0 Å². The van der Waals surface area contributed by atoms with Gasteiger partial charge in [-0.3, -0.25) is 9.36 Å². The van der Waals surface area contributed by atoms with Crippen LogP contribution in [0.25, 0.3) is 16.9 Å². The normalized spacial score (nSPS) is 11.7. The lowest BCUT2D eigenvalue weighted by molar-refractivity contribution is -0.137. The summed E-state index contributed by atoms with van der Waals surface area (Å²) in [6, 6.07) is 20.7. The van der Waals surface area contributed by atoms with Gasteiger partial charge in [0.25, 0.3) is 5.56 Å². The molecule has 0 aliphatic heterocycles. The number of alkyl halides is 3. The predicted molar refractivity (Wildman–Crippen MR) is 132 cm³/mol. The van der Waals surface area contributed by atoms with Gasteiger partial charge < -0.3 is 9.30 Å². The van der Waals surface area contributed by atoms with Gasteiger partial charge in [0.1, 0.15) is 5.75 Å². The molecular formula is C27H21F3N4O3. The standard InChI is InChI=1S/C27H21F3N4O3/c1-37-22-13-6-5-12-21(22)34-24-23(25(35)33(26(34)36)16-18-8-3-2-4-9-18)32(17-31-24)15-19-10-7-11-20(14-19)27(28,29)30/h2-14,17H,15-16H2,1H3. The molecule has 0 atom stereocenters. The highest BCUT2D eigenvalue weighted by Gasteiger charge is 2.30. The van der Waals surface area contributed by atoms with Crippen molar-refractivity contribution in [1.29, 1.82) is 0 Å². The number of fused-ring (bicyclic) bond motifs is 1. The summed E-state index contributed by atoms with van der Waals surface area (Å²) in [5.74, 6) is 0.392. The smallest absolute Gasteiger partial charge is 0.416 e. The van der Waals surface area contributed by atoms with E-state index in [1.165, 1.54) is 28.6 Å². The third-order valence-corrected chi connectivity index (χ3v) is 6.02. The van der Waals surface area contributed by atoms with Gasteiger partial charge in [0.05, 0.1) is 31.2 Å². The van der Waals surface area contributed by atoms with Gasteiger partial charge in [0.2, 0.25) is 0 Å². The molecule has 0 saturated carbocycles. The van der Waals surface area contributed by atoms with Crippen molar-refractivity contribution in [3.05, 3.63) is 123 Å². The van der Waals surface area contributed by atoms with Crippen molar-refractivity contribution in [1.82, 2.24) is 18.7 Å². The molecule has 0 fully saturated rings. The minimum absolute atomic E-state index is 0.00165. The molecule has 2 heterocycles. The Morgan fingerprint density at radius 1 is 0.865 bits per heavy atom. The lowest BCUT2D eigenvalue weighted by atomic mass is 10.1. The largest absolute Gasteiger partial charge is 0.495 e. The van der Waals surface area contributed by atoms with Crippen LogP contribution in [-0.2, 0) is 19.3 Å². The maximum Gasteiger partial charge on any atom is 0.416 e. The third kappa shape index (κ3) is 4.53. The highest BCUT2D eigenvalue weighted by molar-refractivity contribution is 5.73. The number of hydrogen-bond donors (Lipinski definition) is 0. The quantitative estimate of drug-likeness (QED) is 0.341.